The number of fused-ring (bicyclic) bond motifs is 1. The highest BCUT2D eigenvalue weighted by Gasteiger charge is 2.23. The summed E-state index contributed by atoms with van der Waals surface area (Å²) in [5, 5.41) is 7.75. The molecule has 0 bridgehead atoms. The van der Waals surface area contributed by atoms with E-state index in [-0.39, 0.29) is 25.0 Å². The van der Waals surface area contributed by atoms with Crippen LogP contribution in [-0.2, 0) is 11.3 Å². The van der Waals surface area contributed by atoms with Crippen LogP contribution in [0.25, 0.3) is 10.9 Å². The highest BCUT2D eigenvalue weighted by molar-refractivity contribution is 6.09. The van der Waals surface area contributed by atoms with Gasteiger partial charge >= 0.3 is 6.09 Å². The van der Waals surface area contributed by atoms with Crippen molar-refractivity contribution < 1.29 is 19.1 Å². The van der Waals surface area contributed by atoms with E-state index in [1.807, 2.05) is 30.3 Å². The van der Waals surface area contributed by atoms with Crippen molar-refractivity contribution in [3.63, 3.8) is 0 Å². The predicted octanol–water partition coefficient (Wildman–Crippen LogP) is 4.54. The van der Waals surface area contributed by atoms with Gasteiger partial charge in [-0.1, -0.05) is 56.2 Å². The Kier molecular flexibility index (Phi) is 7.43. The zero-order valence-corrected chi connectivity index (χ0v) is 17.4. The Balaban J connectivity index is 1.95. The molecule has 1 N–H and O–H groups in total. The van der Waals surface area contributed by atoms with Gasteiger partial charge in [0, 0.05) is 6.54 Å². The molecule has 30 heavy (non-hydrogen) atoms. The van der Waals surface area contributed by atoms with Crippen LogP contribution in [0.15, 0.2) is 48.5 Å². The Bertz CT molecular complexity index is 998. The lowest BCUT2D eigenvalue weighted by Gasteiger charge is -2.08. The molecule has 3 aromatic rings. The normalized spacial score (nSPS) is 10.7. The van der Waals surface area contributed by atoms with Gasteiger partial charge in [-0.2, -0.15) is 4.68 Å². The maximum atomic E-state index is 12.8. The fourth-order valence-corrected chi connectivity index (χ4v) is 3.15. The Morgan fingerprint density at radius 1 is 1.03 bits per heavy atom. The highest BCUT2D eigenvalue weighted by Crippen LogP contribution is 2.29. The maximum absolute atomic E-state index is 12.8. The number of nitrogens with zero attached hydrogens (tertiary/aromatic N) is 2. The monoisotopic (exact) mass is 409 g/mol. The van der Waals surface area contributed by atoms with E-state index in [9.17, 15) is 9.59 Å². The first-order valence-electron chi connectivity index (χ1n) is 10.3. The van der Waals surface area contributed by atoms with Crippen LogP contribution >= 0.6 is 0 Å². The second-order valence-corrected chi connectivity index (χ2v) is 6.85. The molecule has 0 atom stereocenters. The van der Waals surface area contributed by atoms with Crippen LogP contribution in [0.2, 0.25) is 0 Å². The minimum absolute atomic E-state index is 0.218. The number of nitrogens with one attached hydrogen (secondary N) is 1. The van der Waals surface area contributed by atoms with Crippen molar-refractivity contribution in [3.8, 4) is 5.88 Å². The van der Waals surface area contributed by atoms with Gasteiger partial charge in [0.25, 0.3) is 5.91 Å². The molecule has 0 aliphatic rings. The molecule has 158 valence electrons. The summed E-state index contributed by atoms with van der Waals surface area (Å²) in [4.78, 5) is 25.2. The topological polar surface area (TPSA) is 82.5 Å². The lowest BCUT2D eigenvalue weighted by Crippen LogP contribution is -2.24. The molecule has 0 fully saturated rings. The molecular weight excluding hydrogens is 382 g/mol. The quantitative estimate of drug-likeness (QED) is 0.525. The van der Waals surface area contributed by atoms with Gasteiger partial charge in [-0.15, -0.1) is 5.10 Å². The van der Waals surface area contributed by atoms with Crippen molar-refractivity contribution >= 4 is 22.9 Å². The molecule has 3 rings (SSSR count). The molecule has 7 heteroatoms. The van der Waals surface area contributed by atoms with Crippen LogP contribution in [-0.4, -0.2) is 34.9 Å². The van der Waals surface area contributed by atoms with Crippen molar-refractivity contribution in [1.29, 1.82) is 0 Å². The third-order valence-corrected chi connectivity index (χ3v) is 4.64. The van der Waals surface area contributed by atoms with Crippen LogP contribution in [0.1, 0.15) is 49.0 Å². The molecular formula is C23H27N3O4. The van der Waals surface area contributed by atoms with Gasteiger partial charge in [0.05, 0.1) is 23.1 Å². The smallest absolute Gasteiger partial charge is 0.435 e. The van der Waals surface area contributed by atoms with Crippen LogP contribution < -0.4 is 10.1 Å². The number of ether oxygens (including phenoxy) is 2. The minimum Gasteiger partial charge on any atom is -0.471 e. The fourth-order valence-electron chi connectivity index (χ4n) is 3.15. The first-order valence-corrected chi connectivity index (χ1v) is 10.3. The predicted molar refractivity (Wildman–Crippen MR) is 115 cm³/mol. The molecule has 2 aromatic carbocycles. The van der Waals surface area contributed by atoms with E-state index >= 15 is 0 Å². The third kappa shape index (κ3) is 4.97. The van der Waals surface area contributed by atoms with Gasteiger partial charge < -0.3 is 14.8 Å². The first-order chi connectivity index (χ1) is 14.7. The second kappa shape index (κ2) is 10.4. The molecule has 0 aliphatic carbocycles. The second-order valence-electron chi connectivity index (χ2n) is 6.85. The molecule has 1 heterocycles. The van der Waals surface area contributed by atoms with Gasteiger partial charge in [-0.25, -0.2) is 4.79 Å². The van der Waals surface area contributed by atoms with Crippen molar-refractivity contribution in [2.24, 2.45) is 0 Å². The molecule has 1 aromatic heterocycles. The van der Waals surface area contributed by atoms with Gasteiger partial charge in [-0.05, 0) is 31.0 Å². The number of rotatable bonds is 9. The number of carbonyl (C=O) groups excluding carboxylic acids is 2. The summed E-state index contributed by atoms with van der Waals surface area (Å²) >= 11 is 0. The van der Waals surface area contributed by atoms with E-state index in [0.717, 1.165) is 29.5 Å². The number of aromatic nitrogens is 2. The number of carbonyl (C=O) groups is 2. The summed E-state index contributed by atoms with van der Waals surface area (Å²) in [7, 11) is 0. The summed E-state index contributed by atoms with van der Waals surface area (Å²) < 4.78 is 12.2. The number of amides is 1. The van der Waals surface area contributed by atoms with Crippen molar-refractivity contribution in [1.82, 2.24) is 15.1 Å². The maximum Gasteiger partial charge on any atom is 0.435 e. The minimum atomic E-state index is -0.613. The van der Waals surface area contributed by atoms with E-state index in [0.29, 0.717) is 23.0 Å². The fraction of sp³-hybridized carbons (Fsp3) is 0.348. The van der Waals surface area contributed by atoms with Gasteiger partial charge in [0.2, 0.25) is 5.88 Å². The molecule has 0 saturated carbocycles. The Labute approximate surface area is 176 Å². The molecule has 0 saturated heterocycles. The van der Waals surface area contributed by atoms with Crippen LogP contribution in [0.3, 0.4) is 0 Å². The standard InChI is InChI=1S/C23H27N3O4/c1-3-5-9-15-24-21(27)18-13-10-14-19-20(18)22(25-26(19)23(28)29-4-2)30-16-17-11-7-6-8-12-17/h6-8,10-14H,3-5,9,15-16H2,1-2H3,(H,24,27). The summed E-state index contributed by atoms with van der Waals surface area (Å²) in [6.07, 6.45) is 2.43. The lowest BCUT2D eigenvalue weighted by molar-refractivity contribution is 0.0954. The summed E-state index contributed by atoms with van der Waals surface area (Å²) in [5.41, 5.74) is 1.85. The summed E-state index contributed by atoms with van der Waals surface area (Å²) in [6.45, 7) is 4.92. The third-order valence-electron chi connectivity index (χ3n) is 4.64. The van der Waals surface area contributed by atoms with E-state index in [1.165, 1.54) is 0 Å². The average molecular weight is 409 g/mol. The van der Waals surface area contributed by atoms with Gasteiger partial charge in [-0.3, -0.25) is 4.79 Å². The Morgan fingerprint density at radius 2 is 1.83 bits per heavy atom. The molecule has 1 amide bonds. The zero-order chi connectivity index (χ0) is 21.3. The number of benzene rings is 2. The SMILES string of the molecule is CCCCCNC(=O)c1cccc2c1c(OCc1ccccc1)nn2C(=O)OCC. The number of unbranched alkanes of at least 4 members (excludes halogenated alkanes) is 2. The summed E-state index contributed by atoms with van der Waals surface area (Å²) in [6, 6.07) is 14.8. The van der Waals surface area contributed by atoms with E-state index in [2.05, 4.69) is 17.3 Å². The van der Waals surface area contributed by atoms with Crippen LogP contribution in [0, 0.1) is 0 Å². The summed E-state index contributed by atoms with van der Waals surface area (Å²) in [5.74, 6) is 0.00545. The zero-order valence-electron chi connectivity index (χ0n) is 17.4. The first kappa shape index (κ1) is 21.4. The highest BCUT2D eigenvalue weighted by atomic mass is 16.6. The number of hydrogen-bond donors (Lipinski definition) is 1. The number of hydrogen-bond acceptors (Lipinski definition) is 5. The Hall–Kier alpha value is -3.35. The van der Waals surface area contributed by atoms with E-state index in [4.69, 9.17) is 9.47 Å². The Morgan fingerprint density at radius 3 is 2.57 bits per heavy atom. The molecule has 7 nitrogen and oxygen atoms in total. The van der Waals surface area contributed by atoms with Gasteiger partial charge in [0.15, 0.2) is 0 Å². The van der Waals surface area contributed by atoms with Crippen molar-refractivity contribution in [2.45, 2.75) is 39.7 Å². The van der Waals surface area contributed by atoms with E-state index in [1.54, 1.807) is 25.1 Å². The molecule has 0 spiro atoms. The van der Waals surface area contributed by atoms with Gasteiger partial charge in [0.1, 0.15) is 6.61 Å². The molecule has 0 aliphatic heterocycles. The average Bonchev–Trinajstić information content (AvgIpc) is 3.15. The lowest BCUT2D eigenvalue weighted by atomic mass is 10.1. The van der Waals surface area contributed by atoms with Crippen molar-refractivity contribution in [2.75, 3.05) is 13.2 Å². The largest absolute Gasteiger partial charge is 0.471 e. The van der Waals surface area contributed by atoms with Crippen LogP contribution in [0.4, 0.5) is 4.79 Å². The van der Waals surface area contributed by atoms with E-state index < -0.39 is 6.09 Å². The van der Waals surface area contributed by atoms with Crippen molar-refractivity contribution in [3.05, 3.63) is 59.7 Å². The van der Waals surface area contributed by atoms with Crippen LogP contribution in [0.5, 0.6) is 5.88 Å². The molecule has 0 unspecified atom stereocenters. The molecule has 0 radical (unpaired) electrons.